The molecule has 1 fully saturated rings. The molecular weight excluding hydrogens is 232 g/mol. The quantitative estimate of drug-likeness (QED) is 0.801. The van der Waals surface area contributed by atoms with Gasteiger partial charge in [0, 0.05) is 6.54 Å². The number of nitrogens with zero attached hydrogens (tertiary/aromatic N) is 2. The molecule has 3 N–H and O–H groups in total. The molecule has 0 atom stereocenters. The number of nitrogens with one attached hydrogen (secondary N) is 1. The van der Waals surface area contributed by atoms with Crippen LogP contribution in [-0.4, -0.2) is 21.7 Å². The van der Waals surface area contributed by atoms with Crippen molar-refractivity contribution in [2.75, 3.05) is 11.9 Å². The van der Waals surface area contributed by atoms with Crippen molar-refractivity contribution in [3.8, 4) is 0 Å². The lowest BCUT2D eigenvalue weighted by molar-refractivity contribution is 0.361. The molecule has 0 bridgehead atoms. The van der Waals surface area contributed by atoms with E-state index in [4.69, 9.17) is 18.0 Å². The second-order valence-corrected chi connectivity index (χ2v) is 5.47. The molecule has 0 saturated heterocycles. The van der Waals surface area contributed by atoms with E-state index in [1.807, 2.05) is 0 Å². The maximum absolute atomic E-state index is 5.65. The van der Waals surface area contributed by atoms with Gasteiger partial charge in [-0.05, 0) is 24.3 Å². The minimum atomic E-state index is 0.360. The van der Waals surface area contributed by atoms with Gasteiger partial charge in [-0.3, -0.25) is 0 Å². The predicted molar refractivity (Wildman–Crippen MR) is 73.0 cm³/mol. The molecule has 0 aliphatic heterocycles. The summed E-state index contributed by atoms with van der Waals surface area (Å²) in [5, 5.41) is 11.3. The number of anilines is 1. The second-order valence-electron chi connectivity index (χ2n) is 5.03. The van der Waals surface area contributed by atoms with Gasteiger partial charge in [0.1, 0.15) is 4.99 Å². The lowest BCUT2D eigenvalue weighted by Crippen LogP contribution is -2.25. The Labute approximate surface area is 107 Å². The number of thiocarbonyl (C=S) groups is 1. The van der Waals surface area contributed by atoms with Gasteiger partial charge in [0.2, 0.25) is 0 Å². The summed E-state index contributed by atoms with van der Waals surface area (Å²) in [6.45, 7) is 3.21. The van der Waals surface area contributed by atoms with Gasteiger partial charge in [-0.1, -0.05) is 32.0 Å². The van der Waals surface area contributed by atoms with Crippen LogP contribution in [0.1, 0.15) is 38.2 Å². The molecule has 1 aromatic heterocycles. The molecule has 1 saturated carbocycles. The summed E-state index contributed by atoms with van der Waals surface area (Å²) in [7, 11) is 0. The van der Waals surface area contributed by atoms with Crippen LogP contribution in [0.15, 0.2) is 12.3 Å². The third kappa shape index (κ3) is 2.91. The fourth-order valence-corrected chi connectivity index (χ4v) is 2.53. The van der Waals surface area contributed by atoms with Gasteiger partial charge < -0.3 is 11.1 Å². The van der Waals surface area contributed by atoms with Gasteiger partial charge in [-0.2, -0.15) is 5.10 Å². The minimum absolute atomic E-state index is 0.360. The standard InChI is InChI=1S/C12H18N4S/c1-12(5-2-3-6-12)8-14-11-9(10(13)17)4-7-15-16-11/h4,7H,2-3,5-6,8H2,1H3,(H2,13,17)(H,14,16). The summed E-state index contributed by atoms with van der Waals surface area (Å²) in [4.78, 5) is 0.360. The Hall–Kier alpha value is -1.23. The summed E-state index contributed by atoms with van der Waals surface area (Å²) < 4.78 is 0. The van der Waals surface area contributed by atoms with Crippen molar-refractivity contribution in [2.24, 2.45) is 11.1 Å². The van der Waals surface area contributed by atoms with Crippen molar-refractivity contribution < 1.29 is 0 Å². The van der Waals surface area contributed by atoms with Gasteiger partial charge >= 0.3 is 0 Å². The van der Waals surface area contributed by atoms with Crippen molar-refractivity contribution in [2.45, 2.75) is 32.6 Å². The highest BCUT2D eigenvalue weighted by atomic mass is 32.1. The van der Waals surface area contributed by atoms with E-state index in [1.54, 1.807) is 12.3 Å². The van der Waals surface area contributed by atoms with E-state index in [0.29, 0.717) is 16.2 Å². The number of hydrogen-bond acceptors (Lipinski definition) is 4. The van der Waals surface area contributed by atoms with Gasteiger partial charge in [0.25, 0.3) is 0 Å². The molecule has 0 radical (unpaired) electrons. The first-order valence-corrected chi connectivity index (χ1v) is 6.37. The van der Waals surface area contributed by atoms with Crippen LogP contribution in [0.25, 0.3) is 0 Å². The molecule has 0 spiro atoms. The molecule has 0 aromatic carbocycles. The van der Waals surface area contributed by atoms with E-state index < -0.39 is 0 Å². The van der Waals surface area contributed by atoms with E-state index in [-0.39, 0.29) is 0 Å². The van der Waals surface area contributed by atoms with Crippen molar-refractivity contribution in [3.63, 3.8) is 0 Å². The topological polar surface area (TPSA) is 63.8 Å². The second kappa shape index (κ2) is 4.96. The Morgan fingerprint density at radius 3 is 2.88 bits per heavy atom. The Balaban J connectivity index is 2.06. The number of hydrogen-bond donors (Lipinski definition) is 2. The van der Waals surface area contributed by atoms with E-state index in [2.05, 4.69) is 22.4 Å². The first-order chi connectivity index (χ1) is 8.11. The first-order valence-electron chi connectivity index (χ1n) is 5.96. The third-order valence-corrected chi connectivity index (χ3v) is 3.70. The molecule has 1 heterocycles. The predicted octanol–water partition coefficient (Wildman–Crippen LogP) is 2.10. The van der Waals surface area contributed by atoms with Gasteiger partial charge in [0.15, 0.2) is 5.82 Å². The molecule has 5 heteroatoms. The number of nitrogens with two attached hydrogens (primary N) is 1. The van der Waals surface area contributed by atoms with Crippen LogP contribution in [0.2, 0.25) is 0 Å². The molecule has 17 heavy (non-hydrogen) atoms. The Bertz CT molecular complexity index is 413. The molecule has 0 amide bonds. The fraction of sp³-hybridized carbons (Fsp3) is 0.583. The summed E-state index contributed by atoms with van der Waals surface area (Å²) in [5.74, 6) is 0.702. The zero-order valence-corrected chi connectivity index (χ0v) is 10.9. The molecule has 4 nitrogen and oxygen atoms in total. The van der Waals surface area contributed by atoms with Crippen LogP contribution in [0.5, 0.6) is 0 Å². The van der Waals surface area contributed by atoms with Crippen LogP contribution < -0.4 is 11.1 Å². The SMILES string of the molecule is CC1(CNc2nnccc2C(N)=S)CCCC1. The smallest absolute Gasteiger partial charge is 0.158 e. The van der Waals surface area contributed by atoms with Crippen molar-refractivity contribution in [3.05, 3.63) is 17.8 Å². The van der Waals surface area contributed by atoms with E-state index in [1.165, 1.54) is 25.7 Å². The van der Waals surface area contributed by atoms with Crippen molar-refractivity contribution in [1.29, 1.82) is 0 Å². The summed E-state index contributed by atoms with van der Waals surface area (Å²) in [6.07, 6.45) is 6.78. The van der Waals surface area contributed by atoms with Crippen LogP contribution in [0.3, 0.4) is 0 Å². The van der Waals surface area contributed by atoms with Crippen LogP contribution in [0.4, 0.5) is 5.82 Å². The summed E-state index contributed by atoms with van der Waals surface area (Å²) in [6, 6.07) is 1.80. The average molecular weight is 250 g/mol. The van der Waals surface area contributed by atoms with E-state index >= 15 is 0 Å². The zero-order valence-electron chi connectivity index (χ0n) is 10.1. The van der Waals surface area contributed by atoms with Gasteiger partial charge in [-0.15, -0.1) is 5.10 Å². The number of rotatable bonds is 4. The highest BCUT2D eigenvalue weighted by Gasteiger charge is 2.28. The van der Waals surface area contributed by atoms with E-state index in [9.17, 15) is 0 Å². The molecule has 2 rings (SSSR count). The van der Waals surface area contributed by atoms with Crippen LogP contribution in [0, 0.1) is 5.41 Å². The minimum Gasteiger partial charge on any atom is -0.389 e. The van der Waals surface area contributed by atoms with E-state index in [0.717, 1.165) is 12.1 Å². The summed E-state index contributed by atoms with van der Waals surface area (Å²) >= 11 is 5.00. The molecule has 1 aliphatic rings. The Morgan fingerprint density at radius 1 is 1.53 bits per heavy atom. The monoisotopic (exact) mass is 250 g/mol. The summed E-state index contributed by atoms with van der Waals surface area (Å²) in [5.41, 5.74) is 6.80. The largest absolute Gasteiger partial charge is 0.389 e. The van der Waals surface area contributed by atoms with Gasteiger partial charge in [-0.25, -0.2) is 0 Å². The van der Waals surface area contributed by atoms with Crippen LogP contribution in [-0.2, 0) is 0 Å². The third-order valence-electron chi connectivity index (χ3n) is 3.48. The Morgan fingerprint density at radius 2 is 2.24 bits per heavy atom. The lowest BCUT2D eigenvalue weighted by Gasteiger charge is -2.24. The maximum atomic E-state index is 5.65. The van der Waals surface area contributed by atoms with Gasteiger partial charge in [0.05, 0.1) is 11.8 Å². The molecular formula is C12H18N4S. The molecule has 92 valence electrons. The average Bonchev–Trinajstić information content (AvgIpc) is 2.74. The van der Waals surface area contributed by atoms with Crippen molar-refractivity contribution in [1.82, 2.24) is 10.2 Å². The normalized spacial score (nSPS) is 17.9. The van der Waals surface area contributed by atoms with Crippen molar-refractivity contribution >= 4 is 23.0 Å². The fourth-order valence-electron chi connectivity index (χ4n) is 2.36. The zero-order chi connectivity index (χ0) is 12.3. The Kier molecular flexibility index (Phi) is 3.57. The van der Waals surface area contributed by atoms with Crippen LogP contribution >= 0.6 is 12.2 Å². The number of aromatic nitrogens is 2. The highest BCUT2D eigenvalue weighted by Crippen LogP contribution is 2.37. The molecule has 1 aliphatic carbocycles. The molecule has 1 aromatic rings. The highest BCUT2D eigenvalue weighted by molar-refractivity contribution is 7.80. The first kappa shape index (κ1) is 12.2. The lowest BCUT2D eigenvalue weighted by atomic mass is 9.89. The molecule has 0 unspecified atom stereocenters. The maximum Gasteiger partial charge on any atom is 0.158 e.